The molecule has 0 bridgehead atoms. The van der Waals surface area contributed by atoms with Crippen molar-refractivity contribution in [2.45, 2.75) is 32.2 Å². The van der Waals surface area contributed by atoms with Gasteiger partial charge in [-0.15, -0.1) is 0 Å². The second-order valence-electron chi connectivity index (χ2n) is 5.73. The van der Waals surface area contributed by atoms with Gasteiger partial charge in [-0.05, 0) is 62.2 Å². The number of rotatable bonds is 5. The van der Waals surface area contributed by atoms with Gasteiger partial charge < -0.3 is 5.32 Å². The Labute approximate surface area is 143 Å². The van der Waals surface area contributed by atoms with E-state index in [1.54, 1.807) is 19.9 Å². The summed E-state index contributed by atoms with van der Waals surface area (Å²) in [7, 11) is -2.26. The molecule has 0 aromatic heterocycles. The van der Waals surface area contributed by atoms with E-state index in [0.29, 0.717) is 17.7 Å². The van der Waals surface area contributed by atoms with Crippen molar-refractivity contribution in [2.24, 2.45) is 0 Å². The van der Waals surface area contributed by atoms with Crippen molar-refractivity contribution < 1.29 is 13.2 Å². The molecule has 128 valence electrons. The zero-order valence-corrected chi connectivity index (χ0v) is 15.1. The van der Waals surface area contributed by atoms with E-state index >= 15 is 0 Å². The largest absolute Gasteiger partial charge is 0.348 e. The average Bonchev–Trinajstić information content (AvgIpc) is 2.56. The van der Waals surface area contributed by atoms with E-state index in [0.717, 1.165) is 16.7 Å². The Morgan fingerprint density at radius 3 is 2.33 bits per heavy atom. The number of carbonyl (C=O) groups excluding carboxylic acids is 1. The normalized spacial score (nSPS) is 11.3. The van der Waals surface area contributed by atoms with Crippen molar-refractivity contribution in [1.82, 2.24) is 10.0 Å². The van der Waals surface area contributed by atoms with E-state index in [9.17, 15) is 13.2 Å². The van der Waals surface area contributed by atoms with Crippen LogP contribution in [0.4, 0.5) is 0 Å². The molecule has 5 nitrogen and oxygen atoms in total. The highest BCUT2D eigenvalue weighted by molar-refractivity contribution is 7.89. The summed E-state index contributed by atoms with van der Waals surface area (Å²) in [6.45, 7) is 5.90. The lowest BCUT2D eigenvalue weighted by Gasteiger charge is -2.13. The molecule has 24 heavy (non-hydrogen) atoms. The van der Waals surface area contributed by atoms with E-state index in [4.69, 9.17) is 0 Å². The van der Waals surface area contributed by atoms with Crippen molar-refractivity contribution in [3.8, 4) is 0 Å². The maximum atomic E-state index is 12.4. The second-order valence-corrected chi connectivity index (χ2v) is 7.59. The zero-order chi connectivity index (χ0) is 17.9. The van der Waals surface area contributed by atoms with Gasteiger partial charge in [0.05, 0.1) is 4.90 Å². The minimum atomic E-state index is -3.61. The van der Waals surface area contributed by atoms with E-state index in [1.165, 1.54) is 13.1 Å². The van der Waals surface area contributed by atoms with Gasteiger partial charge in [0.15, 0.2) is 0 Å². The molecule has 0 unspecified atom stereocenters. The van der Waals surface area contributed by atoms with Crippen molar-refractivity contribution in [1.29, 1.82) is 0 Å². The Kier molecular flexibility index (Phi) is 5.41. The molecule has 0 fully saturated rings. The smallest absolute Gasteiger partial charge is 0.251 e. The van der Waals surface area contributed by atoms with Gasteiger partial charge in [-0.3, -0.25) is 4.79 Å². The Morgan fingerprint density at radius 2 is 1.71 bits per heavy atom. The molecule has 1 amide bonds. The van der Waals surface area contributed by atoms with Crippen molar-refractivity contribution in [2.75, 3.05) is 7.05 Å². The number of aryl methyl sites for hydroxylation is 2. The van der Waals surface area contributed by atoms with E-state index in [2.05, 4.69) is 10.0 Å². The molecule has 0 saturated heterocycles. The molecule has 0 spiro atoms. The number of sulfonamides is 1. The summed E-state index contributed by atoms with van der Waals surface area (Å²) in [5.74, 6) is -0.297. The minimum Gasteiger partial charge on any atom is -0.348 e. The van der Waals surface area contributed by atoms with E-state index in [-0.39, 0.29) is 10.8 Å². The van der Waals surface area contributed by atoms with Gasteiger partial charge in [0, 0.05) is 12.1 Å². The first kappa shape index (κ1) is 18.2. The first-order valence-corrected chi connectivity index (χ1v) is 9.12. The molecule has 0 aliphatic heterocycles. The molecule has 2 N–H and O–H groups in total. The highest BCUT2D eigenvalue weighted by atomic mass is 32.2. The molecule has 2 aromatic carbocycles. The van der Waals surface area contributed by atoms with Gasteiger partial charge in [0.25, 0.3) is 5.91 Å². The van der Waals surface area contributed by atoms with Crippen molar-refractivity contribution >= 4 is 15.9 Å². The lowest BCUT2D eigenvalue weighted by atomic mass is 10.1. The Hall–Kier alpha value is -2.18. The SMILES string of the molecule is CNS(=O)(=O)c1cc(C(=O)NCc2ccccc2C)cc(C)c1C. The van der Waals surface area contributed by atoms with Crippen LogP contribution in [0.2, 0.25) is 0 Å². The molecular formula is C18H22N2O3S. The summed E-state index contributed by atoms with van der Waals surface area (Å²) in [4.78, 5) is 12.6. The second kappa shape index (κ2) is 7.15. The standard InChI is InChI=1S/C18H22N2O3S/c1-12-7-5-6-8-15(12)11-20-18(21)16-9-13(2)14(3)17(10-16)24(22,23)19-4/h5-10,19H,11H2,1-4H3,(H,20,21). The highest BCUT2D eigenvalue weighted by Gasteiger charge is 2.19. The summed E-state index contributed by atoms with van der Waals surface area (Å²) >= 11 is 0. The molecule has 0 saturated carbocycles. The van der Waals surface area contributed by atoms with Gasteiger partial charge in [-0.2, -0.15) is 0 Å². The summed E-state index contributed by atoms with van der Waals surface area (Å²) in [6, 6.07) is 10.9. The summed E-state index contributed by atoms with van der Waals surface area (Å²) < 4.78 is 26.6. The molecular weight excluding hydrogens is 324 g/mol. The third kappa shape index (κ3) is 3.83. The van der Waals surface area contributed by atoms with Crippen LogP contribution in [0.5, 0.6) is 0 Å². The molecule has 0 aliphatic carbocycles. The zero-order valence-electron chi connectivity index (χ0n) is 14.3. The third-order valence-electron chi connectivity index (χ3n) is 4.14. The van der Waals surface area contributed by atoms with Gasteiger partial charge in [-0.25, -0.2) is 13.1 Å². The first-order chi connectivity index (χ1) is 11.3. The average molecular weight is 346 g/mol. The minimum absolute atomic E-state index is 0.131. The maximum Gasteiger partial charge on any atom is 0.251 e. The Balaban J connectivity index is 2.29. The lowest BCUT2D eigenvalue weighted by Crippen LogP contribution is -2.25. The van der Waals surface area contributed by atoms with Crippen LogP contribution in [0.15, 0.2) is 41.3 Å². The summed E-state index contributed by atoms with van der Waals surface area (Å²) in [5.41, 5.74) is 3.85. The van der Waals surface area contributed by atoms with Crippen LogP contribution in [-0.4, -0.2) is 21.4 Å². The number of carbonyl (C=O) groups is 1. The van der Waals surface area contributed by atoms with Crippen molar-refractivity contribution in [3.63, 3.8) is 0 Å². The van der Waals surface area contributed by atoms with Crippen LogP contribution in [0.25, 0.3) is 0 Å². The number of amides is 1. The van der Waals surface area contributed by atoms with Crippen LogP contribution in [-0.2, 0) is 16.6 Å². The van der Waals surface area contributed by atoms with Gasteiger partial charge in [0.1, 0.15) is 0 Å². The highest BCUT2D eigenvalue weighted by Crippen LogP contribution is 2.21. The first-order valence-electron chi connectivity index (χ1n) is 7.63. The summed E-state index contributed by atoms with van der Waals surface area (Å²) in [6.07, 6.45) is 0. The topological polar surface area (TPSA) is 75.3 Å². The number of benzene rings is 2. The van der Waals surface area contributed by atoms with Crippen LogP contribution in [0.3, 0.4) is 0 Å². The van der Waals surface area contributed by atoms with Crippen LogP contribution < -0.4 is 10.0 Å². The molecule has 2 aromatic rings. The predicted molar refractivity (Wildman–Crippen MR) is 94.5 cm³/mol. The molecule has 6 heteroatoms. The molecule has 0 radical (unpaired) electrons. The molecule has 2 rings (SSSR count). The van der Waals surface area contributed by atoms with Gasteiger partial charge >= 0.3 is 0 Å². The molecule has 0 aliphatic rings. The van der Waals surface area contributed by atoms with Crippen LogP contribution in [0, 0.1) is 20.8 Å². The quantitative estimate of drug-likeness (QED) is 0.873. The van der Waals surface area contributed by atoms with Gasteiger partial charge in [-0.1, -0.05) is 24.3 Å². The monoisotopic (exact) mass is 346 g/mol. The lowest BCUT2D eigenvalue weighted by molar-refractivity contribution is 0.0950. The molecule has 0 atom stereocenters. The summed E-state index contributed by atoms with van der Waals surface area (Å²) in [5, 5.41) is 2.85. The number of hydrogen-bond acceptors (Lipinski definition) is 3. The number of nitrogens with one attached hydrogen (secondary N) is 2. The van der Waals surface area contributed by atoms with E-state index < -0.39 is 10.0 Å². The number of hydrogen-bond donors (Lipinski definition) is 2. The van der Waals surface area contributed by atoms with Gasteiger partial charge in [0.2, 0.25) is 10.0 Å². The third-order valence-corrected chi connectivity index (χ3v) is 5.68. The fourth-order valence-electron chi connectivity index (χ4n) is 2.43. The Bertz CT molecular complexity index is 874. The fourth-order valence-corrected chi connectivity index (χ4v) is 3.50. The molecule has 0 heterocycles. The maximum absolute atomic E-state index is 12.4. The van der Waals surface area contributed by atoms with E-state index in [1.807, 2.05) is 31.2 Å². The Morgan fingerprint density at radius 1 is 1.04 bits per heavy atom. The van der Waals surface area contributed by atoms with Crippen LogP contribution >= 0.6 is 0 Å². The van der Waals surface area contributed by atoms with Crippen molar-refractivity contribution in [3.05, 3.63) is 64.2 Å². The van der Waals surface area contributed by atoms with Crippen LogP contribution in [0.1, 0.15) is 32.6 Å². The predicted octanol–water partition coefficient (Wildman–Crippen LogP) is 2.45. The fraction of sp³-hybridized carbons (Fsp3) is 0.278.